The number of hydrogen-bond donors (Lipinski definition) is 13. The molecule has 2 amide bonds. The topological polar surface area (TPSA) is 424 Å². The number of aliphatic carboxylic acids is 4. The number of nitrogens with zero attached hydrogens (tertiary/aromatic N) is 1. The van der Waals surface area contributed by atoms with Crippen molar-refractivity contribution in [3.05, 3.63) is 29.8 Å². The molecule has 1 aromatic carbocycles. The molecule has 0 bridgehead atoms. The molecule has 0 saturated heterocycles. The van der Waals surface area contributed by atoms with E-state index in [1.807, 2.05) is 0 Å². The van der Waals surface area contributed by atoms with Gasteiger partial charge in [0.2, 0.25) is 11.8 Å². The number of nitrogens with two attached hydrogens (primary N) is 8. The minimum Gasteiger partial charge on any atom is -0.508 e. The Labute approximate surface area is 252 Å². The minimum atomic E-state index is -1.21. The summed E-state index contributed by atoms with van der Waals surface area (Å²) < 4.78 is 0. The van der Waals surface area contributed by atoms with Crippen LogP contribution in [0.5, 0.6) is 5.75 Å². The Morgan fingerprint density at radius 3 is 1.41 bits per heavy atom. The molecule has 0 aliphatic heterocycles. The molecule has 0 heterocycles. The Balaban J connectivity index is -0.000000515. The lowest BCUT2D eigenvalue weighted by molar-refractivity contribution is -0.140. The van der Waals surface area contributed by atoms with Gasteiger partial charge in [-0.2, -0.15) is 0 Å². The highest BCUT2D eigenvalue weighted by Gasteiger charge is 2.14. The summed E-state index contributed by atoms with van der Waals surface area (Å²) in [4.78, 5) is 64.3. The Bertz CT molecular complexity index is 1080. The van der Waals surface area contributed by atoms with E-state index < -0.39 is 59.9 Å². The summed E-state index contributed by atoms with van der Waals surface area (Å²) in [7, 11) is 0. The number of amides is 2. The molecule has 1 rings (SSSR count). The predicted octanol–water partition coefficient (Wildman–Crippen LogP) is -4.26. The fourth-order valence-electron chi connectivity index (χ4n) is 2.34. The lowest BCUT2D eigenvalue weighted by atomic mass is 10.1. The summed E-state index contributed by atoms with van der Waals surface area (Å²) in [5, 5.41) is 42.2. The number of primary amides is 2. The van der Waals surface area contributed by atoms with Gasteiger partial charge in [-0.25, -0.2) is 0 Å². The fraction of sp³-hybridized carbons (Fsp3) is 0.458. The first-order valence-corrected chi connectivity index (χ1v) is 12.5. The maximum Gasteiger partial charge on any atom is 0.321 e. The zero-order valence-corrected chi connectivity index (χ0v) is 23.8. The number of rotatable bonds is 15. The first-order valence-electron chi connectivity index (χ1n) is 12.5. The molecule has 0 fully saturated rings. The van der Waals surface area contributed by atoms with E-state index in [-0.39, 0.29) is 37.4 Å². The standard InChI is InChI=1S/C9H11NO3.C6H14N4O2.C5H10N2O3.C4H8N2O3/c10-8(9(12)13)5-6-1-3-7(11)4-2-6;7-4(5(11)12)2-1-3-10-6(8)9;6-3(5(9)10)1-2-4(7)8;5-2(4(8)9)1-3(6)7/h1-4,8,11H,5,10H2,(H,12,13);4H,1-3,7H2,(H,11,12)(H4,8,9,10);3H,1-2,6H2,(H2,7,8)(H,9,10);2H,1,5H2,(H2,6,7)(H,8,9)/t8-;4-;3-;2-/m0000/s1. The van der Waals surface area contributed by atoms with Gasteiger partial charge in [0.15, 0.2) is 5.96 Å². The molecular weight excluding hydrogens is 590 g/mol. The van der Waals surface area contributed by atoms with Gasteiger partial charge in [-0.15, -0.1) is 0 Å². The molecule has 1 aromatic rings. The summed E-state index contributed by atoms with van der Waals surface area (Å²) >= 11 is 0. The highest BCUT2D eigenvalue weighted by atomic mass is 16.4. The van der Waals surface area contributed by atoms with Crippen molar-refractivity contribution in [2.75, 3.05) is 6.54 Å². The van der Waals surface area contributed by atoms with Crippen molar-refractivity contribution < 1.29 is 54.3 Å². The van der Waals surface area contributed by atoms with Crippen molar-refractivity contribution in [1.29, 1.82) is 0 Å². The number of aliphatic imine (C=N–C) groups is 1. The van der Waals surface area contributed by atoms with Crippen LogP contribution in [0.2, 0.25) is 0 Å². The second kappa shape index (κ2) is 24.5. The average molecular weight is 634 g/mol. The highest BCUT2D eigenvalue weighted by Crippen LogP contribution is 2.10. The molecule has 0 aromatic heterocycles. The number of guanidine groups is 1. The largest absolute Gasteiger partial charge is 0.508 e. The van der Waals surface area contributed by atoms with Crippen molar-refractivity contribution in [1.82, 2.24) is 0 Å². The maximum absolute atomic E-state index is 10.4. The first-order chi connectivity index (χ1) is 20.2. The van der Waals surface area contributed by atoms with Gasteiger partial charge in [0, 0.05) is 13.0 Å². The third-order valence-corrected chi connectivity index (χ3v) is 4.75. The van der Waals surface area contributed by atoms with Gasteiger partial charge in [-0.3, -0.25) is 33.8 Å². The third kappa shape index (κ3) is 28.5. The number of phenols is 1. The van der Waals surface area contributed by atoms with Gasteiger partial charge < -0.3 is 71.4 Å². The van der Waals surface area contributed by atoms with Gasteiger partial charge in [0.1, 0.15) is 29.9 Å². The number of carbonyl (C=O) groups excluding carboxylic acids is 2. The molecule has 21 N–H and O–H groups in total. The summed E-state index contributed by atoms with van der Waals surface area (Å²) in [6.07, 6.45) is 1.04. The lowest BCUT2D eigenvalue weighted by Crippen LogP contribution is -2.34. The molecule has 4 atom stereocenters. The zero-order valence-electron chi connectivity index (χ0n) is 23.8. The van der Waals surface area contributed by atoms with Crippen LogP contribution in [0.4, 0.5) is 0 Å². The quantitative estimate of drug-likeness (QED) is 0.0493. The van der Waals surface area contributed by atoms with E-state index in [9.17, 15) is 28.8 Å². The molecule has 44 heavy (non-hydrogen) atoms. The van der Waals surface area contributed by atoms with E-state index in [0.29, 0.717) is 19.4 Å². The predicted molar refractivity (Wildman–Crippen MR) is 156 cm³/mol. The van der Waals surface area contributed by atoms with Gasteiger partial charge in [0.05, 0.1) is 6.42 Å². The summed E-state index contributed by atoms with van der Waals surface area (Å²) in [5.41, 5.74) is 40.8. The highest BCUT2D eigenvalue weighted by molar-refractivity contribution is 5.83. The number of aromatic hydroxyl groups is 1. The summed E-state index contributed by atoms with van der Waals surface area (Å²) in [5.74, 6) is -5.41. The van der Waals surface area contributed by atoms with E-state index in [0.717, 1.165) is 5.56 Å². The molecule has 20 heteroatoms. The minimum absolute atomic E-state index is 0.0129. The Kier molecular flexibility index (Phi) is 24.2. The van der Waals surface area contributed by atoms with E-state index >= 15 is 0 Å². The number of phenolic OH excluding ortho intramolecular Hbond substituents is 1. The normalized spacial score (nSPS) is 12.4. The average Bonchev–Trinajstić information content (AvgIpc) is 2.91. The third-order valence-electron chi connectivity index (χ3n) is 4.75. The van der Waals surface area contributed by atoms with Crippen LogP contribution in [0.1, 0.15) is 37.7 Å². The van der Waals surface area contributed by atoms with Crippen LogP contribution in [0, 0.1) is 0 Å². The van der Waals surface area contributed by atoms with Gasteiger partial charge in [-0.05, 0) is 43.4 Å². The van der Waals surface area contributed by atoms with Crippen molar-refractivity contribution in [3.63, 3.8) is 0 Å². The second-order valence-electron chi connectivity index (χ2n) is 8.77. The molecule has 0 radical (unpaired) electrons. The molecule has 20 nitrogen and oxygen atoms in total. The van der Waals surface area contributed by atoms with Crippen LogP contribution >= 0.6 is 0 Å². The number of hydrogen-bond acceptors (Lipinski definition) is 12. The Hall–Kier alpha value is -5.05. The first kappa shape index (κ1) is 43.4. The van der Waals surface area contributed by atoms with Crippen molar-refractivity contribution in [2.45, 2.75) is 62.7 Å². The van der Waals surface area contributed by atoms with Crippen LogP contribution in [0.25, 0.3) is 0 Å². The Morgan fingerprint density at radius 2 is 1.07 bits per heavy atom. The van der Waals surface area contributed by atoms with Crippen LogP contribution in [0.15, 0.2) is 29.3 Å². The summed E-state index contributed by atoms with van der Waals surface area (Å²) in [6, 6.07) is 2.46. The SMILES string of the molecule is NC(=O)CC[C@H](N)C(=O)O.NC(=O)C[C@H](N)C(=O)O.NC(N)=NCCC[C@H](N)C(=O)O.N[C@@H](Cc1ccc(O)cc1)C(=O)O. The number of benzene rings is 1. The van der Waals surface area contributed by atoms with E-state index in [1.165, 1.54) is 12.1 Å². The second-order valence-corrected chi connectivity index (χ2v) is 8.77. The van der Waals surface area contributed by atoms with Gasteiger partial charge in [-0.1, -0.05) is 12.1 Å². The molecule has 0 aliphatic rings. The smallest absolute Gasteiger partial charge is 0.321 e. The number of carbonyl (C=O) groups is 6. The fourth-order valence-corrected chi connectivity index (χ4v) is 2.34. The van der Waals surface area contributed by atoms with E-state index in [4.69, 9.17) is 65.7 Å². The lowest BCUT2D eigenvalue weighted by Gasteiger charge is -2.05. The maximum atomic E-state index is 10.4. The monoisotopic (exact) mass is 633 g/mol. The van der Waals surface area contributed by atoms with Crippen LogP contribution < -0.4 is 45.9 Å². The van der Waals surface area contributed by atoms with Crippen LogP contribution in [-0.2, 0) is 35.2 Å². The van der Waals surface area contributed by atoms with Crippen LogP contribution in [-0.4, -0.2) is 97.9 Å². The molecule has 0 unspecified atom stereocenters. The molecule has 0 spiro atoms. The molecular formula is C24H43N9O11. The van der Waals surface area contributed by atoms with Gasteiger partial charge >= 0.3 is 23.9 Å². The van der Waals surface area contributed by atoms with Crippen LogP contribution in [0.3, 0.4) is 0 Å². The van der Waals surface area contributed by atoms with Gasteiger partial charge in [0.25, 0.3) is 0 Å². The number of carboxylic acid groups (broad SMARTS) is 4. The Morgan fingerprint density at radius 1 is 0.636 bits per heavy atom. The van der Waals surface area contributed by atoms with Crippen molar-refractivity contribution in [3.8, 4) is 5.75 Å². The molecule has 0 aliphatic carbocycles. The number of carboxylic acids is 4. The van der Waals surface area contributed by atoms with Crippen molar-refractivity contribution >= 4 is 41.7 Å². The molecule has 250 valence electrons. The molecule has 0 saturated carbocycles. The van der Waals surface area contributed by atoms with E-state index in [2.05, 4.69) is 10.7 Å². The van der Waals surface area contributed by atoms with Crippen molar-refractivity contribution in [2.24, 2.45) is 50.9 Å². The zero-order chi connectivity index (χ0) is 35.0. The van der Waals surface area contributed by atoms with E-state index in [1.54, 1.807) is 12.1 Å². The summed E-state index contributed by atoms with van der Waals surface area (Å²) in [6.45, 7) is 0.420.